The van der Waals surface area contributed by atoms with Gasteiger partial charge in [0.05, 0.1) is 6.20 Å². The van der Waals surface area contributed by atoms with E-state index in [1.807, 2.05) is 25.3 Å². The summed E-state index contributed by atoms with van der Waals surface area (Å²) in [6.45, 7) is 3.74. The van der Waals surface area contributed by atoms with Gasteiger partial charge in [-0.25, -0.2) is 0 Å². The molecule has 1 aromatic heterocycles. The highest BCUT2D eigenvalue weighted by atomic mass is 79.9. The van der Waals surface area contributed by atoms with Crippen LogP contribution in [0.15, 0.2) is 34.9 Å². The molecule has 0 aliphatic carbocycles. The minimum Gasteiger partial charge on any atom is -0.308 e. The molecule has 0 atom stereocenters. The third-order valence-corrected chi connectivity index (χ3v) is 2.96. The number of hydrogen-bond acceptors (Lipinski definition) is 2. The zero-order valence-corrected chi connectivity index (χ0v) is 10.7. The maximum absolute atomic E-state index is 3.99. The van der Waals surface area contributed by atoms with Crippen LogP contribution in [0.25, 0.3) is 0 Å². The molecule has 2 rings (SSSR count). The van der Waals surface area contributed by atoms with Gasteiger partial charge >= 0.3 is 0 Å². The molecule has 2 aromatic rings. The first-order chi connectivity index (χ1) is 7.75. The second-order valence-corrected chi connectivity index (χ2v) is 4.67. The summed E-state index contributed by atoms with van der Waals surface area (Å²) in [6.07, 6.45) is 1.86. The van der Waals surface area contributed by atoms with Gasteiger partial charge in [-0.2, -0.15) is 5.10 Å². The van der Waals surface area contributed by atoms with Crippen LogP contribution in [0.5, 0.6) is 0 Å². The third kappa shape index (κ3) is 2.93. The number of aromatic nitrogens is 2. The number of hydrogen-bond donors (Lipinski definition) is 2. The first kappa shape index (κ1) is 11.4. The van der Waals surface area contributed by atoms with Crippen LogP contribution in [0, 0.1) is 6.92 Å². The Morgan fingerprint density at radius 1 is 1.38 bits per heavy atom. The second-order valence-electron chi connectivity index (χ2n) is 3.75. The van der Waals surface area contributed by atoms with Crippen molar-refractivity contribution in [1.82, 2.24) is 15.5 Å². The van der Waals surface area contributed by atoms with Gasteiger partial charge in [-0.05, 0) is 24.6 Å². The maximum Gasteiger partial charge on any atom is 0.0535 e. The molecule has 0 aliphatic rings. The number of benzene rings is 1. The average molecular weight is 280 g/mol. The monoisotopic (exact) mass is 279 g/mol. The number of aromatic amines is 1. The molecular weight excluding hydrogens is 266 g/mol. The van der Waals surface area contributed by atoms with Crippen molar-refractivity contribution in [3.8, 4) is 0 Å². The van der Waals surface area contributed by atoms with Crippen molar-refractivity contribution >= 4 is 15.9 Å². The summed E-state index contributed by atoms with van der Waals surface area (Å²) in [4.78, 5) is 0. The number of aryl methyl sites for hydroxylation is 1. The fourth-order valence-electron chi connectivity index (χ4n) is 1.54. The summed E-state index contributed by atoms with van der Waals surface area (Å²) in [5.41, 5.74) is 3.62. The van der Waals surface area contributed by atoms with E-state index in [0.29, 0.717) is 0 Å². The predicted octanol–water partition coefficient (Wildman–Crippen LogP) is 2.77. The second kappa shape index (κ2) is 5.27. The van der Waals surface area contributed by atoms with E-state index < -0.39 is 0 Å². The van der Waals surface area contributed by atoms with Gasteiger partial charge in [0, 0.05) is 28.8 Å². The Balaban J connectivity index is 1.87. The summed E-state index contributed by atoms with van der Waals surface area (Å²) >= 11 is 3.46. The molecule has 1 heterocycles. The molecule has 0 unspecified atom stereocenters. The zero-order valence-electron chi connectivity index (χ0n) is 9.13. The molecular formula is C12H14BrN3. The molecule has 0 amide bonds. The fourth-order valence-corrected chi connectivity index (χ4v) is 1.99. The molecule has 0 bridgehead atoms. The summed E-state index contributed by atoms with van der Waals surface area (Å²) < 4.78 is 1.12. The molecule has 1 aromatic carbocycles. The molecule has 3 nitrogen and oxygen atoms in total. The molecule has 0 saturated carbocycles. The minimum absolute atomic E-state index is 0.842. The first-order valence-electron chi connectivity index (χ1n) is 5.20. The molecule has 2 N–H and O–H groups in total. The summed E-state index contributed by atoms with van der Waals surface area (Å²) in [7, 11) is 0. The number of rotatable bonds is 4. The van der Waals surface area contributed by atoms with E-state index in [1.54, 1.807) is 0 Å². The van der Waals surface area contributed by atoms with Crippen molar-refractivity contribution in [3.63, 3.8) is 0 Å². The van der Waals surface area contributed by atoms with Crippen molar-refractivity contribution in [2.45, 2.75) is 20.0 Å². The van der Waals surface area contributed by atoms with Crippen LogP contribution in [-0.4, -0.2) is 10.2 Å². The number of nitrogens with zero attached hydrogens (tertiary/aromatic N) is 1. The van der Waals surface area contributed by atoms with Gasteiger partial charge in [-0.15, -0.1) is 0 Å². The zero-order chi connectivity index (χ0) is 11.4. The van der Waals surface area contributed by atoms with Crippen molar-refractivity contribution in [1.29, 1.82) is 0 Å². The largest absolute Gasteiger partial charge is 0.308 e. The lowest BCUT2D eigenvalue weighted by atomic mass is 10.2. The summed E-state index contributed by atoms with van der Waals surface area (Å²) in [6, 6.07) is 8.31. The lowest BCUT2D eigenvalue weighted by molar-refractivity contribution is 0.690. The Hall–Kier alpha value is -1.13. The minimum atomic E-state index is 0.842. The Bertz CT molecular complexity index is 465. The Labute approximate surface area is 103 Å². The normalized spacial score (nSPS) is 10.6. The van der Waals surface area contributed by atoms with Crippen LogP contribution in [0.4, 0.5) is 0 Å². The number of H-pyrrole nitrogens is 1. The quantitative estimate of drug-likeness (QED) is 0.904. The van der Waals surface area contributed by atoms with Crippen LogP contribution in [0.2, 0.25) is 0 Å². The van der Waals surface area contributed by atoms with Crippen LogP contribution < -0.4 is 5.32 Å². The molecule has 0 spiro atoms. The topological polar surface area (TPSA) is 40.7 Å². The van der Waals surface area contributed by atoms with Crippen LogP contribution >= 0.6 is 15.9 Å². The van der Waals surface area contributed by atoms with Gasteiger partial charge < -0.3 is 5.32 Å². The van der Waals surface area contributed by atoms with Gasteiger partial charge in [0.2, 0.25) is 0 Å². The van der Waals surface area contributed by atoms with Gasteiger partial charge in [0.15, 0.2) is 0 Å². The number of halogens is 1. The Morgan fingerprint density at radius 2 is 2.25 bits per heavy atom. The average Bonchev–Trinajstić information content (AvgIpc) is 2.65. The van der Waals surface area contributed by atoms with Crippen molar-refractivity contribution in [2.75, 3.05) is 0 Å². The van der Waals surface area contributed by atoms with Crippen molar-refractivity contribution in [2.24, 2.45) is 0 Å². The third-order valence-electron chi connectivity index (χ3n) is 2.47. The lowest BCUT2D eigenvalue weighted by Crippen LogP contribution is -2.12. The standard InChI is InChI=1S/C12H14BrN3/c1-9-11(8-15-16-9)7-14-6-10-3-2-4-12(13)5-10/h2-5,8,14H,6-7H2,1H3,(H,15,16). The van der Waals surface area contributed by atoms with E-state index in [1.165, 1.54) is 11.1 Å². The van der Waals surface area contributed by atoms with E-state index in [2.05, 4.69) is 43.6 Å². The predicted molar refractivity (Wildman–Crippen MR) is 68.0 cm³/mol. The lowest BCUT2D eigenvalue weighted by Gasteiger charge is -2.04. The van der Waals surface area contributed by atoms with E-state index >= 15 is 0 Å². The Kier molecular flexibility index (Phi) is 3.74. The fraction of sp³-hybridized carbons (Fsp3) is 0.250. The first-order valence-corrected chi connectivity index (χ1v) is 5.99. The van der Waals surface area contributed by atoms with Gasteiger partial charge in [0.25, 0.3) is 0 Å². The SMILES string of the molecule is Cc1[nH]ncc1CNCc1cccc(Br)c1. The van der Waals surface area contributed by atoms with E-state index in [0.717, 1.165) is 23.3 Å². The van der Waals surface area contributed by atoms with Crippen molar-refractivity contribution in [3.05, 3.63) is 51.8 Å². The van der Waals surface area contributed by atoms with Gasteiger partial charge in [0.1, 0.15) is 0 Å². The smallest absolute Gasteiger partial charge is 0.0535 e. The highest BCUT2D eigenvalue weighted by Crippen LogP contribution is 2.11. The molecule has 0 aliphatic heterocycles. The Morgan fingerprint density at radius 3 is 2.94 bits per heavy atom. The summed E-state index contributed by atoms with van der Waals surface area (Å²) in [5.74, 6) is 0. The van der Waals surface area contributed by atoms with E-state index in [9.17, 15) is 0 Å². The molecule has 4 heteroatoms. The van der Waals surface area contributed by atoms with Crippen molar-refractivity contribution < 1.29 is 0 Å². The maximum atomic E-state index is 3.99. The van der Waals surface area contributed by atoms with Gasteiger partial charge in [-0.1, -0.05) is 28.1 Å². The molecule has 84 valence electrons. The highest BCUT2D eigenvalue weighted by molar-refractivity contribution is 9.10. The van der Waals surface area contributed by atoms with E-state index in [-0.39, 0.29) is 0 Å². The molecule has 0 fully saturated rings. The van der Waals surface area contributed by atoms with Gasteiger partial charge in [-0.3, -0.25) is 5.10 Å². The summed E-state index contributed by atoms with van der Waals surface area (Å²) in [5, 5.41) is 10.3. The molecule has 16 heavy (non-hydrogen) atoms. The molecule has 0 radical (unpaired) electrons. The number of nitrogens with one attached hydrogen (secondary N) is 2. The van der Waals surface area contributed by atoms with E-state index in [4.69, 9.17) is 0 Å². The highest BCUT2D eigenvalue weighted by Gasteiger charge is 1.99. The molecule has 0 saturated heterocycles. The van der Waals surface area contributed by atoms with Crippen LogP contribution in [0.1, 0.15) is 16.8 Å². The van der Waals surface area contributed by atoms with Crippen LogP contribution in [0.3, 0.4) is 0 Å². The van der Waals surface area contributed by atoms with Crippen LogP contribution in [-0.2, 0) is 13.1 Å².